The predicted octanol–water partition coefficient (Wildman–Crippen LogP) is 1.72. The fourth-order valence-corrected chi connectivity index (χ4v) is 2.95. The van der Waals surface area contributed by atoms with Crippen LogP contribution in [0.5, 0.6) is 5.75 Å². The van der Waals surface area contributed by atoms with Crippen LogP contribution < -0.4 is 14.8 Å². The third kappa shape index (κ3) is 7.99. The van der Waals surface area contributed by atoms with E-state index in [1.54, 1.807) is 25.3 Å². The molecule has 0 heterocycles. The highest BCUT2D eigenvalue weighted by Gasteiger charge is 2.15. The molecule has 8 heteroatoms. The van der Waals surface area contributed by atoms with Gasteiger partial charge in [-0.15, -0.1) is 12.4 Å². The SMILES string of the molecule is COCCNCCNS(=O)(=O)c1ccc(OC(C)C)c(C)c1.Cl. The molecule has 1 aromatic carbocycles. The number of nitrogens with one attached hydrogen (secondary N) is 2. The molecule has 0 saturated carbocycles. The fourth-order valence-electron chi connectivity index (χ4n) is 1.83. The Labute approximate surface area is 145 Å². The first-order chi connectivity index (χ1) is 10.4. The smallest absolute Gasteiger partial charge is 0.240 e. The van der Waals surface area contributed by atoms with E-state index in [9.17, 15) is 8.42 Å². The van der Waals surface area contributed by atoms with Gasteiger partial charge in [-0.1, -0.05) is 0 Å². The number of benzene rings is 1. The Kier molecular flexibility index (Phi) is 10.4. The third-order valence-corrected chi connectivity index (χ3v) is 4.35. The fraction of sp³-hybridized carbons (Fsp3) is 0.600. The van der Waals surface area contributed by atoms with E-state index < -0.39 is 10.0 Å². The molecule has 23 heavy (non-hydrogen) atoms. The lowest BCUT2D eigenvalue weighted by atomic mass is 10.2. The molecule has 0 aliphatic carbocycles. The van der Waals surface area contributed by atoms with E-state index in [2.05, 4.69) is 10.0 Å². The Morgan fingerprint density at radius 2 is 1.87 bits per heavy atom. The van der Waals surface area contributed by atoms with Crippen LogP contribution in [-0.2, 0) is 14.8 Å². The second-order valence-corrected chi connectivity index (χ2v) is 7.00. The van der Waals surface area contributed by atoms with Gasteiger partial charge in [-0.05, 0) is 44.5 Å². The summed E-state index contributed by atoms with van der Waals surface area (Å²) in [5.74, 6) is 0.704. The Balaban J connectivity index is 0.00000484. The molecule has 0 atom stereocenters. The molecule has 1 aromatic rings. The number of hydrogen-bond acceptors (Lipinski definition) is 5. The van der Waals surface area contributed by atoms with Gasteiger partial charge in [-0.3, -0.25) is 0 Å². The van der Waals surface area contributed by atoms with Crippen LogP contribution >= 0.6 is 12.4 Å². The second kappa shape index (κ2) is 10.8. The summed E-state index contributed by atoms with van der Waals surface area (Å²) < 4.78 is 37.5. The molecule has 134 valence electrons. The van der Waals surface area contributed by atoms with Crippen LogP contribution in [0.2, 0.25) is 0 Å². The maximum atomic E-state index is 12.2. The van der Waals surface area contributed by atoms with E-state index in [0.717, 1.165) is 5.56 Å². The third-order valence-electron chi connectivity index (χ3n) is 2.90. The molecule has 0 unspecified atom stereocenters. The van der Waals surface area contributed by atoms with Gasteiger partial charge >= 0.3 is 0 Å². The normalized spacial score (nSPS) is 11.3. The molecule has 0 aromatic heterocycles. The zero-order valence-corrected chi connectivity index (χ0v) is 15.7. The highest BCUT2D eigenvalue weighted by Crippen LogP contribution is 2.22. The summed E-state index contributed by atoms with van der Waals surface area (Å²) in [4.78, 5) is 0.248. The summed E-state index contributed by atoms with van der Waals surface area (Å²) in [5.41, 5.74) is 0.801. The number of sulfonamides is 1. The predicted molar refractivity (Wildman–Crippen MR) is 94.1 cm³/mol. The average molecular weight is 367 g/mol. The summed E-state index contributed by atoms with van der Waals surface area (Å²) in [6.45, 7) is 7.88. The number of hydrogen-bond donors (Lipinski definition) is 2. The molecule has 1 rings (SSSR count). The topological polar surface area (TPSA) is 76.7 Å². The van der Waals surface area contributed by atoms with Crippen molar-refractivity contribution in [2.75, 3.05) is 33.4 Å². The van der Waals surface area contributed by atoms with Gasteiger partial charge in [0.25, 0.3) is 0 Å². The van der Waals surface area contributed by atoms with Crippen molar-refractivity contribution >= 4 is 22.4 Å². The first-order valence-electron chi connectivity index (χ1n) is 7.33. The van der Waals surface area contributed by atoms with Gasteiger partial charge in [0.05, 0.1) is 17.6 Å². The molecule has 0 spiro atoms. The van der Waals surface area contributed by atoms with Gasteiger partial charge in [-0.2, -0.15) is 0 Å². The van der Waals surface area contributed by atoms with Crippen LogP contribution in [0.4, 0.5) is 0 Å². The number of rotatable bonds is 10. The van der Waals surface area contributed by atoms with Crippen LogP contribution in [0.3, 0.4) is 0 Å². The molecule has 6 nitrogen and oxygen atoms in total. The molecule has 0 aliphatic rings. The van der Waals surface area contributed by atoms with E-state index in [1.807, 2.05) is 20.8 Å². The van der Waals surface area contributed by atoms with E-state index in [-0.39, 0.29) is 23.4 Å². The number of methoxy groups -OCH3 is 1. The van der Waals surface area contributed by atoms with Crippen molar-refractivity contribution in [3.63, 3.8) is 0 Å². The van der Waals surface area contributed by atoms with E-state index in [1.165, 1.54) is 0 Å². The van der Waals surface area contributed by atoms with Gasteiger partial charge in [0.1, 0.15) is 5.75 Å². The lowest BCUT2D eigenvalue weighted by molar-refractivity contribution is 0.199. The maximum Gasteiger partial charge on any atom is 0.240 e. The lowest BCUT2D eigenvalue weighted by Gasteiger charge is -2.14. The Morgan fingerprint density at radius 3 is 2.43 bits per heavy atom. The van der Waals surface area contributed by atoms with Gasteiger partial charge in [0.2, 0.25) is 10.0 Å². The zero-order chi connectivity index (χ0) is 16.6. The summed E-state index contributed by atoms with van der Waals surface area (Å²) >= 11 is 0. The Bertz CT molecular complexity index is 565. The molecular weight excluding hydrogens is 340 g/mol. The number of aryl methyl sites for hydroxylation is 1. The van der Waals surface area contributed by atoms with Crippen molar-refractivity contribution in [3.05, 3.63) is 23.8 Å². The first kappa shape index (κ1) is 22.1. The first-order valence-corrected chi connectivity index (χ1v) is 8.81. The van der Waals surface area contributed by atoms with Crippen LogP contribution in [-0.4, -0.2) is 47.9 Å². The van der Waals surface area contributed by atoms with Gasteiger partial charge < -0.3 is 14.8 Å². The molecule has 0 radical (unpaired) electrons. The van der Waals surface area contributed by atoms with E-state index in [0.29, 0.717) is 32.0 Å². The molecule has 0 amide bonds. The highest BCUT2D eigenvalue weighted by atomic mass is 35.5. The summed E-state index contributed by atoms with van der Waals surface area (Å²) in [6, 6.07) is 4.88. The quantitative estimate of drug-likeness (QED) is 0.616. The Hall–Kier alpha value is -0.860. The van der Waals surface area contributed by atoms with Crippen molar-refractivity contribution in [3.8, 4) is 5.75 Å². The minimum absolute atomic E-state index is 0. The summed E-state index contributed by atoms with van der Waals surface area (Å²) in [7, 11) is -1.87. The number of ether oxygens (including phenoxy) is 2. The minimum atomic E-state index is -3.50. The number of halogens is 1. The molecule has 0 bridgehead atoms. The van der Waals surface area contributed by atoms with Crippen LogP contribution in [0.1, 0.15) is 19.4 Å². The minimum Gasteiger partial charge on any atom is -0.491 e. The summed E-state index contributed by atoms with van der Waals surface area (Å²) in [6.07, 6.45) is 0.0532. The van der Waals surface area contributed by atoms with Crippen LogP contribution in [0.25, 0.3) is 0 Å². The van der Waals surface area contributed by atoms with Gasteiger partial charge in [0, 0.05) is 26.7 Å². The largest absolute Gasteiger partial charge is 0.491 e. The van der Waals surface area contributed by atoms with Crippen molar-refractivity contribution in [1.82, 2.24) is 10.0 Å². The standard InChI is InChI=1S/C15H26N2O4S.ClH/c1-12(2)21-15-6-5-14(11-13(15)3)22(18,19)17-8-7-16-9-10-20-4;/h5-6,11-12,16-17H,7-10H2,1-4H3;1H. The van der Waals surface area contributed by atoms with Gasteiger partial charge in [-0.25, -0.2) is 13.1 Å². The molecule has 0 saturated heterocycles. The van der Waals surface area contributed by atoms with Crippen molar-refractivity contribution < 1.29 is 17.9 Å². The molecule has 2 N–H and O–H groups in total. The molecule has 0 aliphatic heterocycles. The monoisotopic (exact) mass is 366 g/mol. The van der Waals surface area contributed by atoms with E-state index >= 15 is 0 Å². The highest BCUT2D eigenvalue weighted by molar-refractivity contribution is 7.89. The summed E-state index contributed by atoms with van der Waals surface area (Å²) in [5, 5.41) is 3.08. The Morgan fingerprint density at radius 1 is 1.17 bits per heavy atom. The molecular formula is C15H27ClN2O4S. The van der Waals surface area contributed by atoms with Crippen molar-refractivity contribution in [2.45, 2.75) is 31.8 Å². The van der Waals surface area contributed by atoms with Crippen molar-refractivity contribution in [1.29, 1.82) is 0 Å². The zero-order valence-electron chi connectivity index (χ0n) is 14.1. The van der Waals surface area contributed by atoms with Crippen LogP contribution in [0, 0.1) is 6.92 Å². The van der Waals surface area contributed by atoms with E-state index in [4.69, 9.17) is 9.47 Å². The van der Waals surface area contributed by atoms with Gasteiger partial charge in [0.15, 0.2) is 0 Å². The second-order valence-electron chi connectivity index (χ2n) is 5.23. The lowest BCUT2D eigenvalue weighted by Crippen LogP contribution is -2.33. The average Bonchev–Trinajstić information content (AvgIpc) is 2.44. The molecule has 0 fully saturated rings. The van der Waals surface area contributed by atoms with Crippen LogP contribution in [0.15, 0.2) is 23.1 Å². The van der Waals surface area contributed by atoms with Crippen molar-refractivity contribution in [2.24, 2.45) is 0 Å². The maximum absolute atomic E-state index is 12.2.